The number of nitrogens with zero attached hydrogens (tertiary/aromatic N) is 4. The second-order valence-corrected chi connectivity index (χ2v) is 8.80. The van der Waals surface area contributed by atoms with Crippen molar-refractivity contribution >= 4 is 30.5 Å². The highest BCUT2D eigenvalue weighted by Gasteiger charge is 2.29. The van der Waals surface area contributed by atoms with Gasteiger partial charge in [-0.1, -0.05) is 18.2 Å². The van der Waals surface area contributed by atoms with Gasteiger partial charge in [0.15, 0.2) is 23.2 Å². The topological polar surface area (TPSA) is 117 Å². The van der Waals surface area contributed by atoms with Crippen molar-refractivity contribution in [3.63, 3.8) is 0 Å². The number of hydrogen-bond donors (Lipinski definition) is 1. The summed E-state index contributed by atoms with van der Waals surface area (Å²) in [5, 5.41) is 2.79. The van der Waals surface area contributed by atoms with Crippen molar-refractivity contribution < 1.29 is 23.1 Å². The molecule has 3 aromatic rings. The van der Waals surface area contributed by atoms with Gasteiger partial charge in [0.05, 0.1) is 19.0 Å². The van der Waals surface area contributed by atoms with E-state index >= 15 is 0 Å². The molecule has 0 spiro atoms. The molecule has 3 heterocycles. The van der Waals surface area contributed by atoms with Crippen molar-refractivity contribution in [1.82, 2.24) is 19.5 Å². The first-order valence-corrected chi connectivity index (χ1v) is 11.9. The smallest absolute Gasteiger partial charge is 0.357 e. The van der Waals surface area contributed by atoms with Gasteiger partial charge >= 0.3 is 7.60 Å². The maximum atomic E-state index is 12.8. The Morgan fingerprint density at radius 2 is 1.97 bits per heavy atom. The number of rotatable bonds is 8. The summed E-state index contributed by atoms with van der Waals surface area (Å²) in [5.74, 6) is 2.01. The second kappa shape index (κ2) is 9.60. The van der Waals surface area contributed by atoms with Crippen LogP contribution in [0.1, 0.15) is 43.3 Å². The molecule has 1 fully saturated rings. The minimum atomic E-state index is -3.36. The van der Waals surface area contributed by atoms with Gasteiger partial charge < -0.3 is 19.1 Å². The SMILES string of the molecule is CCOP(=O)(/C=C1\CC[C@H](n2cnc3c(NC(=O)c4ccccc4)ncnc32)O1)OCC. The van der Waals surface area contributed by atoms with Crippen molar-refractivity contribution in [2.45, 2.75) is 32.9 Å². The van der Waals surface area contributed by atoms with Gasteiger partial charge in [-0.2, -0.15) is 0 Å². The highest BCUT2D eigenvalue weighted by Crippen LogP contribution is 2.52. The first-order chi connectivity index (χ1) is 15.5. The summed E-state index contributed by atoms with van der Waals surface area (Å²) in [7, 11) is -3.36. The normalized spacial score (nSPS) is 17.6. The number of benzene rings is 1. The van der Waals surface area contributed by atoms with Crippen LogP contribution in [0.4, 0.5) is 5.82 Å². The summed E-state index contributed by atoms with van der Waals surface area (Å²) >= 11 is 0. The van der Waals surface area contributed by atoms with Crippen molar-refractivity contribution in [1.29, 1.82) is 0 Å². The molecular weight excluding hydrogens is 433 g/mol. The summed E-state index contributed by atoms with van der Waals surface area (Å²) in [5.41, 5.74) is 1.49. The standard InChI is InChI=1S/C21H24N5O5P/c1-3-29-32(28,30-4-2)12-16-10-11-17(31-16)26-14-24-18-19(22-13-23-20(18)26)25-21(27)15-8-6-5-7-9-15/h5-9,12-14,17H,3-4,10-11H2,1-2H3,(H,22,23,25,27)/b16-12+/t17-/m1/s1. The van der Waals surface area contributed by atoms with E-state index in [-0.39, 0.29) is 19.1 Å². The third-order valence-electron chi connectivity index (χ3n) is 4.78. The molecule has 1 amide bonds. The Morgan fingerprint density at radius 1 is 1.22 bits per heavy atom. The van der Waals surface area contributed by atoms with E-state index in [9.17, 15) is 9.36 Å². The first kappa shape index (κ1) is 22.1. The number of nitrogens with one attached hydrogen (secondary N) is 1. The Morgan fingerprint density at radius 3 is 2.69 bits per heavy atom. The fraction of sp³-hybridized carbons (Fsp3) is 0.333. The van der Waals surface area contributed by atoms with Gasteiger partial charge in [0.1, 0.15) is 18.4 Å². The molecule has 0 aliphatic carbocycles. The van der Waals surface area contributed by atoms with E-state index < -0.39 is 13.8 Å². The Kier molecular flexibility index (Phi) is 6.64. The maximum absolute atomic E-state index is 12.8. The van der Waals surface area contributed by atoms with Crippen LogP contribution in [0.3, 0.4) is 0 Å². The van der Waals surface area contributed by atoms with E-state index in [1.54, 1.807) is 49.0 Å². The molecule has 1 saturated heterocycles. The third-order valence-corrected chi connectivity index (χ3v) is 6.62. The minimum absolute atomic E-state index is 0.269. The van der Waals surface area contributed by atoms with Crippen LogP contribution in [0.25, 0.3) is 11.2 Å². The second-order valence-electron chi connectivity index (χ2n) is 6.95. The maximum Gasteiger partial charge on any atom is 0.357 e. The molecule has 10 nitrogen and oxygen atoms in total. The highest BCUT2D eigenvalue weighted by atomic mass is 31.2. The van der Waals surface area contributed by atoms with Crippen LogP contribution in [0.5, 0.6) is 0 Å². The lowest BCUT2D eigenvalue weighted by Gasteiger charge is -2.15. The number of carbonyl (C=O) groups is 1. The largest absolute Gasteiger partial charge is 0.474 e. The number of allylic oxidation sites excluding steroid dienone is 1. The van der Waals surface area contributed by atoms with Gasteiger partial charge in [-0.25, -0.2) is 15.0 Å². The molecule has 0 unspecified atom stereocenters. The lowest BCUT2D eigenvalue weighted by atomic mass is 10.2. The van der Waals surface area contributed by atoms with E-state index in [0.717, 1.165) is 0 Å². The molecule has 168 valence electrons. The number of ether oxygens (including phenoxy) is 1. The van der Waals surface area contributed by atoms with E-state index in [1.165, 1.54) is 12.1 Å². The van der Waals surface area contributed by atoms with Crippen LogP contribution >= 0.6 is 7.60 Å². The van der Waals surface area contributed by atoms with Gasteiger partial charge in [0, 0.05) is 18.4 Å². The van der Waals surface area contributed by atoms with Crippen LogP contribution in [0, 0.1) is 0 Å². The van der Waals surface area contributed by atoms with Gasteiger partial charge in [-0.05, 0) is 26.0 Å². The molecule has 1 aliphatic rings. The van der Waals surface area contributed by atoms with E-state index in [2.05, 4.69) is 20.3 Å². The summed E-state index contributed by atoms with van der Waals surface area (Å²) < 4.78 is 31.1. The average molecular weight is 457 g/mol. The number of amides is 1. The molecule has 0 saturated carbocycles. The molecule has 11 heteroatoms. The quantitative estimate of drug-likeness (QED) is 0.492. The highest BCUT2D eigenvalue weighted by molar-refractivity contribution is 7.57. The van der Waals surface area contributed by atoms with Crippen molar-refractivity contribution in [2.24, 2.45) is 0 Å². The molecule has 1 aliphatic heterocycles. The Hall–Kier alpha value is -3.07. The van der Waals surface area contributed by atoms with E-state index in [0.29, 0.717) is 41.1 Å². The average Bonchev–Trinajstić information content (AvgIpc) is 3.42. The van der Waals surface area contributed by atoms with Crippen molar-refractivity contribution in [2.75, 3.05) is 18.5 Å². The van der Waals surface area contributed by atoms with Crippen LogP contribution in [-0.4, -0.2) is 38.6 Å². The Bertz CT molecular complexity index is 1170. The summed E-state index contributed by atoms with van der Waals surface area (Å²) in [4.78, 5) is 25.4. The molecule has 2 aromatic heterocycles. The Balaban J connectivity index is 1.55. The number of fused-ring (bicyclic) bond motifs is 1. The molecule has 1 aromatic carbocycles. The molecule has 1 atom stereocenters. The predicted octanol–water partition coefficient (Wildman–Crippen LogP) is 4.50. The van der Waals surface area contributed by atoms with Crippen LogP contribution in [-0.2, 0) is 18.3 Å². The zero-order chi connectivity index (χ0) is 22.6. The summed E-state index contributed by atoms with van der Waals surface area (Å²) in [6.45, 7) is 4.05. The van der Waals surface area contributed by atoms with Gasteiger partial charge in [0.25, 0.3) is 5.91 Å². The molecule has 1 N–H and O–H groups in total. The van der Waals surface area contributed by atoms with Gasteiger partial charge in [0.2, 0.25) is 0 Å². The number of carbonyl (C=O) groups excluding carboxylic acids is 1. The number of aromatic nitrogens is 4. The predicted molar refractivity (Wildman–Crippen MR) is 118 cm³/mol. The molecule has 0 radical (unpaired) electrons. The van der Waals surface area contributed by atoms with Crippen LogP contribution in [0.15, 0.2) is 54.6 Å². The first-order valence-electron chi connectivity index (χ1n) is 10.3. The zero-order valence-corrected chi connectivity index (χ0v) is 18.7. The number of hydrogen-bond acceptors (Lipinski definition) is 8. The summed E-state index contributed by atoms with van der Waals surface area (Å²) in [6.07, 6.45) is 3.76. The molecular formula is C21H24N5O5P. The fourth-order valence-electron chi connectivity index (χ4n) is 3.42. The number of anilines is 1. The third kappa shape index (κ3) is 4.72. The fourth-order valence-corrected chi connectivity index (χ4v) is 4.91. The van der Waals surface area contributed by atoms with E-state index in [4.69, 9.17) is 13.8 Å². The lowest BCUT2D eigenvalue weighted by Crippen LogP contribution is -2.13. The van der Waals surface area contributed by atoms with Gasteiger partial charge in [-0.15, -0.1) is 0 Å². The minimum Gasteiger partial charge on any atom is -0.474 e. The van der Waals surface area contributed by atoms with Crippen molar-refractivity contribution in [3.05, 3.63) is 60.1 Å². The Labute approximate surface area is 185 Å². The lowest BCUT2D eigenvalue weighted by molar-refractivity contribution is 0.101. The molecule has 0 bridgehead atoms. The monoisotopic (exact) mass is 457 g/mol. The van der Waals surface area contributed by atoms with Crippen LogP contribution < -0.4 is 5.32 Å². The number of imidazole rings is 1. The van der Waals surface area contributed by atoms with Gasteiger partial charge in [-0.3, -0.25) is 13.9 Å². The van der Waals surface area contributed by atoms with E-state index in [1.807, 2.05) is 6.07 Å². The molecule has 4 rings (SSSR count). The van der Waals surface area contributed by atoms with Crippen molar-refractivity contribution in [3.8, 4) is 0 Å². The van der Waals surface area contributed by atoms with Crippen LogP contribution in [0.2, 0.25) is 0 Å². The summed E-state index contributed by atoms with van der Waals surface area (Å²) in [6, 6.07) is 8.86. The zero-order valence-electron chi connectivity index (χ0n) is 17.8. The molecule has 32 heavy (non-hydrogen) atoms.